The normalized spacial score (nSPS) is 10.3. The van der Waals surface area contributed by atoms with Crippen LogP contribution in [0, 0.1) is 24.0 Å². The number of hydrogen-bond acceptors (Lipinski definition) is 11. The van der Waals surface area contributed by atoms with Crippen molar-refractivity contribution in [3.63, 3.8) is 0 Å². The van der Waals surface area contributed by atoms with Crippen LogP contribution in [0.3, 0.4) is 0 Å². The molecule has 0 saturated carbocycles. The molecule has 0 spiro atoms. The number of benzene rings is 1. The lowest BCUT2D eigenvalue weighted by Gasteiger charge is -2.15. The minimum Gasteiger partial charge on any atom is -0.410 e. The fraction of sp³-hybridized carbons (Fsp3) is 0.148. The van der Waals surface area contributed by atoms with E-state index in [-0.39, 0.29) is 11.4 Å². The van der Waals surface area contributed by atoms with Crippen LogP contribution in [-0.2, 0) is 0 Å². The van der Waals surface area contributed by atoms with E-state index in [1.165, 1.54) is 40.5 Å². The zero-order valence-electron chi connectivity index (χ0n) is 22.1. The molecule has 0 fully saturated rings. The standard InChI is InChI=1S/C17H14N4O4S.C10H11N3S/c1-11-16(26-15(19-11)12-4-3-9-18-10-12)20(2)17(22)25-14-7-5-13(6-8-14)21(23)24;1-7-9(11-2)14-10(13-7)8-4-3-5-12-6-8/h3-10H,1-2H3;3-6,11H,1-2H3. The highest BCUT2D eigenvalue weighted by molar-refractivity contribution is 7.19. The minimum absolute atomic E-state index is 0.0717. The highest BCUT2D eigenvalue weighted by Gasteiger charge is 2.20. The van der Waals surface area contributed by atoms with Crippen molar-refractivity contribution >= 4 is 44.5 Å². The molecule has 13 heteroatoms. The van der Waals surface area contributed by atoms with Crippen LogP contribution in [0.4, 0.5) is 20.5 Å². The topological polar surface area (TPSA) is 136 Å². The second kappa shape index (κ2) is 12.9. The van der Waals surface area contributed by atoms with Gasteiger partial charge in [0.25, 0.3) is 5.69 Å². The lowest BCUT2D eigenvalue weighted by atomic mass is 10.3. The SMILES string of the molecule is CNc1sc(-c2cccnc2)nc1C.Cc1nc(-c2cccnc2)sc1N(C)C(=O)Oc1ccc([N+](=O)[O-])cc1. The van der Waals surface area contributed by atoms with E-state index in [4.69, 9.17) is 4.74 Å². The Morgan fingerprint density at radius 2 is 1.50 bits per heavy atom. The van der Waals surface area contributed by atoms with Crippen LogP contribution in [0.5, 0.6) is 5.75 Å². The summed E-state index contributed by atoms with van der Waals surface area (Å²) in [6, 6.07) is 13.0. The van der Waals surface area contributed by atoms with E-state index in [0.29, 0.717) is 10.7 Å². The molecule has 5 aromatic rings. The summed E-state index contributed by atoms with van der Waals surface area (Å²) in [5.74, 6) is 0.224. The molecular weight excluding hydrogens is 550 g/mol. The molecule has 0 atom stereocenters. The van der Waals surface area contributed by atoms with Crippen LogP contribution in [0.15, 0.2) is 73.3 Å². The van der Waals surface area contributed by atoms with Gasteiger partial charge in [0.1, 0.15) is 25.8 Å². The van der Waals surface area contributed by atoms with Gasteiger partial charge in [-0.25, -0.2) is 14.8 Å². The maximum absolute atomic E-state index is 12.4. The lowest BCUT2D eigenvalue weighted by molar-refractivity contribution is -0.384. The number of anilines is 2. The summed E-state index contributed by atoms with van der Waals surface area (Å²) in [6.45, 7) is 3.81. The summed E-state index contributed by atoms with van der Waals surface area (Å²) >= 11 is 3.00. The van der Waals surface area contributed by atoms with Crippen molar-refractivity contribution in [2.75, 3.05) is 24.3 Å². The molecule has 1 amide bonds. The van der Waals surface area contributed by atoms with Gasteiger partial charge in [-0.2, -0.15) is 0 Å². The quantitative estimate of drug-likeness (QED) is 0.175. The molecule has 1 N–H and O–H groups in total. The van der Waals surface area contributed by atoms with Crippen LogP contribution in [0.25, 0.3) is 21.1 Å². The van der Waals surface area contributed by atoms with E-state index < -0.39 is 11.0 Å². The first-order chi connectivity index (χ1) is 19.3. The number of nitro groups is 1. The predicted octanol–water partition coefficient (Wildman–Crippen LogP) is 6.61. The summed E-state index contributed by atoms with van der Waals surface area (Å²) in [5.41, 5.74) is 3.59. The Hall–Kier alpha value is -4.75. The molecule has 4 aromatic heterocycles. The van der Waals surface area contributed by atoms with Gasteiger partial charge in [0.05, 0.1) is 16.3 Å². The molecule has 204 valence electrons. The zero-order valence-corrected chi connectivity index (χ0v) is 23.7. The molecule has 0 aliphatic heterocycles. The minimum atomic E-state index is -0.608. The van der Waals surface area contributed by atoms with Crippen LogP contribution >= 0.6 is 22.7 Å². The molecule has 4 heterocycles. The van der Waals surface area contributed by atoms with Gasteiger partial charge >= 0.3 is 6.09 Å². The van der Waals surface area contributed by atoms with Crippen LogP contribution < -0.4 is 15.0 Å². The molecule has 0 saturated heterocycles. The van der Waals surface area contributed by atoms with Gasteiger partial charge in [0, 0.05) is 62.1 Å². The van der Waals surface area contributed by atoms with Gasteiger partial charge in [0.15, 0.2) is 0 Å². The van der Waals surface area contributed by atoms with Crippen molar-refractivity contribution in [2.45, 2.75) is 13.8 Å². The van der Waals surface area contributed by atoms with Crippen molar-refractivity contribution in [2.24, 2.45) is 0 Å². The van der Waals surface area contributed by atoms with Gasteiger partial charge < -0.3 is 10.1 Å². The number of non-ortho nitro benzene ring substituents is 1. The van der Waals surface area contributed by atoms with Gasteiger partial charge in [-0.3, -0.25) is 25.0 Å². The first-order valence-electron chi connectivity index (χ1n) is 11.9. The molecule has 11 nitrogen and oxygen atoms in total. The van der Waals surface area contributed by atoms with E-state index >= 15 is 0 Å². The van der Waals surface area contributed by atoms with E-state index in [1.807, 2.05) is 44.4 Å². The lowest BCUT2D eigenvalue weighted by Crippen LogP contribution is -2.29. The number of thiazole rings is 2. The van der Waals surface area contributed by atoms with E-state index in [9.17, 15) is 14.9 Å². The van der Waals surface area contributed by atoms with Gasteiger partial charge in [-0.15, -0.1) is 0 Å². The number of nitrogens with zero attached hydrogens (tertiary/aromatic N) is 6. The number of nitro benzene ring substituents is 1. The Morgan fingerprint density at radius 3 is 2.00 bits per heavy atom. The number of ether oxygens (including phenoxy) is 1. The van der Waals surface area contributed by atoms with Gasteiger partial charge in [-0.05, 0) is 50.2 Å². The number of carbonyl (C=O) groups is 1. The van der Waals surface area contributed by atoms with Crippen molar-refractivity contribution < 1.29 is 14.5 Å². The van der Waals surface area contributed by atoms with Crippen LogP contribution in [0.1, 0.15) is 11.4 Å². The first kappa shape index (κ1) is 28.3. The predicted molar refractivity (Wildman–Crippen MR) is 157 cm³/mol. The summed E-state index contributed by atoms with van der Waals surface area (Å²) in [4.78, 5) is 41.0. The van der Waals surface area contributed by atoms with Crippen molar-refractivity contribution in [1.82, 2.24) is 19.9 Å². The smallest absolute Gasteiger partial charge is 0.410 e. The monoisotopic (exact) mass is 575 g/mol. The number of nitrogens with one attached hydrogen (secondary N) is 1. The zero-order chi connectivity index (χ0) is 28.6. The number of hydrogen-bond donors (Lipinski definition) is 1. The Kier molecular flexibility index (Phi) is 9.09. The molecule has 0 radical (unpaired) electrons. The third-order valence-electron chi connectivity index (χ3n) is 5.44. The summed E-state index contributed by atoms with van der Waals surface area (Å²) in [7, 11) is 3.49. The average Bonchev–Trinajstić information content (AvgIpc) is 3.56. The number of amides is 1. The first-order valence-corrected chi connectivity index (χ1v) is 13.5. The third kappa shape index (κ3) is 6.81. The molecule has 0 aliphatic rings. The fourth-order valence-corrected chi connectivity index (χ4v) is 5.36. The number of aromatic nitrogens is 4. The van der Waals surface area contributed by atoms with Crippen molar-refractivity contribution in [3.8, 4) is 26.9 Å². The number of aryl methyl sites for hydroxylation is 2. The molecular formula is C27H25N7O4S2. The molecule has 0 unspecified atom stereocenters. The summed E-state index contributed by atoms with van der Waals surface area (Å²) in [5, 5.41) is 17.3. The highest BCUT2D eigenvalue weighted by Crippen LogP contribution is 2.34. The second-order valence-electron chi connectivity index (χ2n) is 8.25. The molecule has 1 aromatic carbocycles. The highest BCUT2D eigenvalue weighted by atomic mass is 32.1. The summed E-state index contributed by atoms with van der Waals surface area (Å²) in [6.07, 6.45) is 6.37. The largest absolute Gasteiger partial charge is 0.420 e. The average molecular weight is 576 g/mol. The maximum atomic E-state index is 12.4. The Morgan fingerprint density at radius 1 is 0.925 bits per heavy atom. The number of pyridine rings is 2. The molecule has 40 heavy (non-hydrogen) atoms. The number of carbonyl (C=O) groups excluding carboxylic acids is 1. The van der Waals surface area contributed by atoms with E-state index in [0.717, 1.165) is 31.8 Å². The Labute approximate surface area is 238 Å². The second-order valence-corrected chi connectivity index (χ2v) is 10.2. The van der Waals surface area contributed by atoms with Crippen LogP contribution in [0.2, 0.25) is 0 Å². The Balaban J connectivity index is 0.000000222. The molecule has 0 bridgehead atoms. The van der Waals surface area contributed by atoms with Crippen molar-refractivity contribution in [1.29, 1.82) is 0 Å². The van der Waals surface area contributed by atoms with E-state index in [1.54, 1.807) is 43.9 Å². The van der Waals surface area contributed by atoms with Gasteiger partial charge in [-0.1, -0.05) is 22.7 Å². The fourth-order valence-electron chi connectivity index (χ4n) is 3.44. The van der Waals surface area contributed by atoms with E-state index in [2.05, 4.69) is 25.3 Å². The van der Waals surface area contributed by atoms with Crippen LogP contribution in [-0.4, -0.2) is 45.0 Å². The van der Waals surface area contributed by atoms with Gasteiger partial charge in [0.2, 0.25) is 0 Å². The summed E-state index contributed by atoms with van der Waals surface area (Å²) < 4.78 is 5.27. The maximum Gasteiger partial charge on any atom is 0.420 e. The number of rotatable bonds is 6. The third-order valence-corrected chi connectivity index (χ3v) is 7.95. The Bertz CT molecular complexity index is 1590. The van der Waals surface area contributed by atoms with Crippen molar-refractivity contribution in [3.05, 3.63) is 94.8 Å². The molecule has 5 rings (SSSR count). The molecule has 0 aliphatic carbocycles.